The number of alkyl halides is 1. The van der Waals surface area contributed by atoms with E-state index in [1.165, 1.54) is 25.0 Å². The Bertz CT molecular complexity index is 260. The molecule has 0 saturated heterocycles. The van der Waals surface area contributed by atoms with Gasteiger partial charge in [0.2, 0.25) is 0 Å². The van der Waals surface area contributed by atoms with Crippen molar-refractivity contribution in [3.8, 4) is 0 Å². The molecule has 2 rings (SSSR count). The lowest BCUT2D eigenvalue weighted by atomic mass is 10.0. The maximum Gasteiger partial charge on any atom is 0.0406 e. The number of hydrogen-bond donors (Lipinski definition) is 0. The molecule has 1 aliphatic rings. The Labute approximate surface area is 87.7 Å². The Balaban J connectivity index is 1.98. The zero-order chi connectivity index (χ0) is 9.10. The summed E-state index contributed by atoms with van der Waals surface area (Å²) in [5.74, 6) is 0.801. The average Bonchev–Trinajstić information content (AvgIpc) is 2.54. The third-order valence-corrected chi connectivity index (χ3v) is 3.97. The van der Waals surface area contributed by atoms with Crippen molar-refractivity contribution in [2.45, 2.75) is 30.5 Å². The molecule has 0 amide bonds. The smallest absolute Gasteiger partial charge is 0.0406 e. The van der Waals surface area contributed by atoms with Crippen molar-refractivity contribution in [3.05, 3.63) is 30.1 Å². The summed E-state index contributed by atoms with van der Waals surface area (Å²) >= 11 is 3.73. The molecule has 70 valence electrons. The normalized spacial score (nSPS) is 27.8. The molecular weight excluding hydrogens is 226 g/mol. The van der Waals surface area contributed by atoms with Gasteiger partial charge < -0.3 is 0 Å². The summed E-state index contributed by atoms with van der Waals surface area (Å²) in [5, 5.41) is 0. The Kier molecular flexibility index (Phi) is 2.99. The van der Waals surface area contributed by atoms with Crippen LogP contribution in [0.1, 0.15) is 25.0 Å². The van der Waals surface area contributed by atoms with Gasteiger partial charge in [0.25, 0.3) is 0 Å². The number of pyridine rings is 1. The second kappa shape index (κ2) is 4.23. The van der Waals surface area contributed by atoms with Crippen LogP contribution in [0.5, 0.6) is 0 Å². The first-order valence-electron chi connectivity index (χ1n) is 4.90. The second-order valence-corrected chi connectivity index (χ2v) is 4.91. The van der Waals surface area contributed by atoms with Crippen LogP contribution in [0, 0.1) is 5.92 Å². The van der Waals surface area contributed by atoms with Gasteiger partial charge in [-0.05, 0) is 37.3 Å². The molecule has 1 aliphatic carbocycles. The Morgan fingerprint density at radius 1 is 1.38 bits per heavy atom. The highest BCUT2D eigenvalue weighted by Crippen LogP contribution is 2.33. The van der Waals surface area contributed by atoms with E-state index in [4.69, 9.17) is 0 Å². The van der Waals surface area contributed by atoms with Gasteiger partial charge in [-0.25, -0.2) is 0 Å². The summed E-state index contributed by atoms with van der Waals surface area (Å²) < 4.78 is 0. The van der Waals surface area contributed by atoms with E-state index in [0.29, 0.717) is 0 Å². The molecule has 0 aliphatic heterocycles. The van der Waals surface area contributed by atoms with Crippen molar-refractivity contribution in [2.24, 2.45) is 5.92 Å². The number of halogens is 1. The highest BCUT2D eigenvalue weighted by atomic mass is 79.9. The van der Waals surface area contributed by atoms with Crippen molar-refractivity contribution in [1.29, 1.82) is 0 Å². The van der Waals surface area contributed by atoms with E-state index in [1.54, 1.807) is 0 Å². The molecule has 0 N–H and O–H groups in total. The standard InChI is InChI=1S/C11H14BrN/c12-11-6-3-4-9(11)8-10-5-1-2-7-13-10/h1-2,5,7,9,11H,3-4,6,8H2. The van der Waals surface area contributed by atoms with Gasteiger partial charge >= 0.3 is 0 Å². The minimum absolute atomic E-state index is 0.717. The summed E-state index contributed by atoms with van der Waals surface area (Å²) in [6.07, 6.45) is 7.07. The van der Waals surface area contributed by atoms with Crippen LogP contribution in [0.25, 0.3) is 0 Å². The second-order valence-electron chi connectivity index (χ2n) is 3.73. The van der Waals surface area contributed by atoms with Crippen molar-refractivity contribution < 1.29 is 0 Å². The van der Waals surface area contributed by atoms with Crippen LogP contribution >= 0.6 is 15.9 Å². The lowest BCUT2D eigenvalue weighted by molar-refractivity contribution is 0.555. The summed E-state index contributed by atoms with van der Waals surface area (Å²) in [5.41, 5.74) is 1.24. The molecule has 0 bridgehead atoms. The number of rotatable bonds is 2. The quantitative estimate of drug-likeness (QED) is 0.723. The Morgan fingerprint density at radius 2 is 2.31 bits per heavy atom. The summed E-state index contributed by atoms with van der Waals surface area (Å²) in [6.45, 7) is 0. The van der Waals surface area contributed by atoms with E-state index < -0.39 is 0 Å². The first-order chi connectivity index (χ1) is 6.36. The predicted octanol–water partition coefficient (Wildman–Crippen LogP) is 3.19. The van der Waals surface area contributed by atoms with Crippen LogP contribution < -0.4 is 0 Å². The average molecular weight is 240 g/mol. The van der Waals surface area contributed by atoms with Crippen molar-refractivity contribution in [2.75, 3.05) is 0 Å². The minimum atomic E-state index is 0.717. The van der Waals surface area contributed by atoms with Gasteiger partial charge in [-0.2, -0.15) is 0 Å². The van der Waals surface area contributed by atoms with E-state index in [9.17, 15) is 0 Å². The molecule has 1 fully saturated rings. The molecule has 2 heteroatoms. The van der Waals surface area contributed by atoms with Crippen LogP contribution in [0.15, 0.2) is 24.4 Å². The zero-order valence-corrected chi connectivity index (χ0v) is 9.20. The monoisotopic (exact) mass is 239 g/mol. The minimum Gasteiger partial charge on any atom is -0.261 e. The van der Waals surface area contributed by atoms with Gasteiger partial charge in [0.05, 0.1) is 0 Å². The predicted molar refractivity (Wildman–Crippen MR) is 58.0 cm³/mol. The topological polar surface area (TPSA) is 12.9 Å². The third kappa shape index (κ3) is 2.31. The van der Waals surface area contributed by atoms with Crippen LogP contribution in [-0.4, -0.2) is 9.81 Å². The first-order valence-corrected chi connectivity index (χ1v) is 5.82. The number of aromatic nitrogens is 1. The fourth-order valence-corrected chi connectivity index (χ4v) is 2.78. The molecule has 1 aromatic heterocycles. The maximum atomic E-state index is 4.36. The number of hydrogen-bond acceptors (Lipinski definition) is 1. The molecule has 1 aromatic rings. The number of nitrogens with zero attached hydrogens (tertiary/aromatic N) is 1. The summed E-state index contributed by atoms with van der Waals surface area (Å²) in [6, 6.07) is 6.17. The largest absolute Gasteiger partial charge is 0.261 e. The molecule has 1 nitrogen and oxygen atoms in total. The fourth-order valence-electron chi connectivity index (χ4n) is 2.01. The SMILES string of the molecule is BrC1CCCC1Cc1ccccn1. The highest BCUT2D eigenvalue weighted by Gasteiger charge is 2.24. The van der Waals surface area contributed by atoms with E-state index in [2.05, 4.69) is 33.0 Å². The summed E-state index contributed by atoms with van der Waals surface area (Å²) in [7, 11) is 0. The van der Waals surface area contributed by atoms with Crippen molar-refractivity contribution in [1.82, 2.24) is 4.98 Å². The van der Waals surface area contributed by atoms with Gasteiger partial charge in [0.15, 0.2) is 0 Å². The first kappa shape index (κ1) is 9.20. The van der Waals surface area contributed by atoms with Gasteiger partial charge in [0, 0.05) is 16.7 Å². The van der Waals surface area contributed by atoms with Crippen LogP contribution in [0.4, 0.5) is 0 Å². The van der Waals surface area contributed by atoms with Crippen LogP contribution in [-0.2, 0) is 6.42 Å². The highest BCUT2D eigenvalue weighted by molar-refractivity contribution is 9.09. The maximum absolute atomic E-state index is 4.36. The van der Waals surface area contributed by atoms with E-state index in [1.807, 2.05) is 12.3 Å². The van der Waals surface area contributed by atoms with Crippen molar-refractivity contribution in [3.63, 3.8) is 0 Å². The van der Waals surface area contributed by atoms with Gasteiger partial charge in [0.1, 0.15) is 0 Å². The molecule has 0 spiro atoms. The molecular formula is C11H14BrN. The Morgan fingerprint density at radius 3 is 2.92 bits per heavy atom. The van der Waals surface area contributed by atoms with Crippen molar-refractivity contribution >= 4 is 15.9 Å². The molecule has 1 heterocycles. The van der Waals surface area contributed by atoms with E-state index >= 15 is 0 Å². The van der Waals surface area contributed by atoms with Gasteiger partial charge in [-0.15, -0.1) is 0 Å². The van der Waals surface area contributed by atoms with Gasteiger partial charge in [-0.3, -0.25) is 4.98 Å². The van der Waals surface area contributed by atoms with Gasteiger partial charge in [-0.1, -0.05) is 28.4 Å². The molecule has 0 aromatic carbocycles. The van der Waals surface area contributed by atoms with E-state index in [0.717, 1.165) is 17.2 Å². The van der Waals surface area contributed by atoms with E-state index in [-0.39, 0.29) is 0 Å². The van der Waals surface area contributed by atoms with Crippen LogP contribution in [0.2, 0.25) is 0 Å². The third-order valence-electron chi connectivity index (χ3n) is 2.76. The molecule has 13 heavy (non-hydrogen) atoms. The van der Waals surface area contributed by atoms with Crippen LogP contribution in [0.3, 0.4) is 0 Å². The fraction of sp³-hybridized carbons (Fsp3) is 0.545. The molecule has 2 atom stereocenters. The molecule has 1 saturated carbocycles. The lowest BCUT2D eigenvalue weighted by Gasteiger charge is -2.12. The Hall–Kier alpha value is -0.370. The lowest BCUT2D eigenvalue weighted by Crippen LogP contribution is -2.10. The molecule has 0 radical (unpaired) electrons. The summed E-state index contributed by atoms with van der Waals surface area (Å²) in [4.78, 5) is 5.07. The molecule has 2 unspecified atom stereocenters. The zero-order valence-electron chi connectivity index (χ0n) is 7.62.